The topological polar surface area (TPSA) is 55.1 Å². The molecule has 1 saturated carbocycles. The predicted molar refractivity (Wildman–Crippen MR) is 78.3 cm³/mol. The highest BCUT2D eigenvalue weighted by atomic mass is 16.1. The van der Waals surface area contributed by atoms with Crippen molar-refractivity contribution in [3.05, 3.63) is 34.4 Å². The van der Waals surface area contributed by atoms with Gasteiger partial charge in [0.1, 0.15) is 0 Å². The molecular weight excluding hydrogens is 236 g/mol. The summed E-state index contributed by atoms with van der Waals surface area (Å²) in [5.74, 6) is 0.598. The number of carbonyl (C=O) groups is 1. The fraction of sp³-hybridized carbons (Fsp3) is 0.562. The van der Waals surface area contributed by atoms with Gasteiger partial charge in [-0.3, -0.25) is 4.79 Å². The summed E-state index contributed by atoms with van der Waals surface area (Å²) in [6.07, 6.45) is 3.25. The molecule has 0 radical (unpaired) electrons. The second-order valence-electron chi connectivity index (χ2n) is 5.92. The molecule has 0 saturated heterocycles. The van der Waals surface area contributed by atoms with Crippen molar-refractivity contribution in [2.45, 2.75) is 46.1 Å². The molecule has 3 N–H and O–H groups in total. The molecule has 104 valence electrons. The van der Waals surface area contributed by atoms with Gasteiger partial charge in [-0.2, -0.15) is 0 Å². The van der Waals surface area contributed by atoms with E-state index in [-0.39, 0.29) is 5.91 Å². The predicted octanol–water partition coefficient (Wildman–Crippen LogP) is 2.47. The van der Waals surface area contributed by atoms with E-state index in [2.05, 4.69) is 24.4 Å². The Labute approximate surface area is 115 Å². The van der Waals surface area contributed by atoms with Gasteiger partial charge in [0.15, 0.2) is 0 Å². The van der Waals surface area contributed by atoms with E-state index in [1.165, 1.54) is 5.56 Å². The highest BCUT2D eigenvalue weighted by Gasteiger charge is 2.22. The standard InChI is InChI=1S/C16H24N2O/c1-10-6-11(2)15(12(3)7-10)16(19)18-9-13-4-5-14(17)8-13/h6-7,13-14H,4-5,8-9,17H2,1-3H3,(H,18,19). The van der Waals surface area contributed by atoms with E-state index in [1.54, 1.807) is 0 Å². The van der Waals surface area contributed by atoms with Crippen LogP contribution in [0.2, 0.25) is 0 Å². The Balaban J connectivity index is 2.00. The first-order chi connectivity index (χ1) is 8.97. The normalized spacial score (nSPS) is 22.5. The van der Waals surface area contributed by atoms with E-state index in [0.717, 1.165) is 42.5 Å². The van der Waals surface area contributed by atoms with Gasteiger partial charge in [0.2, 0.25) is 0 Å². The van der Waals surface area contributed by atoms with E-state index in [1.807, 2.05) is 13.8 Å². The Morgan fingerprint density at radius 1 is 1.26 bits per heavy atom. The van der Waals surface area contributed by atoms with E-state index < -0.39 is 0 Å². The molecule has 0 bridgehead atoms. The maximum absolute atomic E-state index is 12.3. The third kappa shape index (κ3) is 3.35. The molecule has 1 amide bonds. The van der Waals surface area contributed by atoms with Crippen molar-refractivity contribution in [3.8, 4) is 0 Å². The van der Waals surface area contributed by atoms with Crippen molar-refractivity contribution in [2.24, 2.45) is 11.7 Å². The molecule has 19 heavy (non-hydrogen) atoms. The number of nitrogens with two attached hydrogens (primary N) is 1. The van der Waals surface area contributed by atoms with Gasteiger partial charge in [0.05, 0.1) is 0 Å². The number of hydrogen-bond acceptors (Lipinski definition) is 2. The molecule has 2 atom stereocenters. The van der Waals surface area contributed by atoms with Gasteiger partial charge < -0.3 is 11.1 Å². The molecule has 0 aliphatic heterocycles. The molecule has 0 aromatic heterocycles. The Hall–Kier alpha value is -1.35. The van der Waals surface area contributed by atoms with Crippen molar-refractivity contribution < 1.29 is 4.79 Å². The van der Waals surface area contributed by atoms with Crippen molar-refractivity contribution in [1.82, 2.24) is 5.32 Å². The van der Waals surface area contributed by atoms with Crippen molar-refractivity contribution in [2.75, 3.05) is 6.54 Å². The molecule has 2 rings (SSSR count). The molecule has 1 fully saturated rings. The fourth-order valence-corrected chi connectivity index (χ4v) is 3.16. The lowest BCUT2D eigenvalue weighted by Crippen LogP contribution is -2.30. The van der Waals surface area contributed by atoms with E-state index in [4.69, 9.17) is 5.73 Å². The maximum Gasteiger partial charge on any atom is 0.251 e. The highest BCUT2D eigenvalue weighted by Crippen LogP contribution is 2.23. The zero-order valence-corrected chi connectivity index (χ0v) is 12.1. The van der Waals surface area contributed by atoms with Crippen LogP contribution in [-0.4, -0.2) is 18.5 Å². The number of rotatable bonds is 3. The lowest BCUT2D eigenvalue weighted by molar-refractivity contribution is 0.0946. The average Bonchev–Trinajstić information content (AvgIpc) is 2.71. The Bertz CT molecular complexity index is 459. The minimum Gasteiger partial charge on any atom is -0.352 e. The third-order valence-corrected chi connectivity index (χ3v) is 4.04. The van der Waals surface area contributed by atoms with Gasteiger partial charge in [-0.25, -0.2) is 0 Å². The monoisotopic (exact) mass is 260 g/mol. The van der Waals surface area contributed by atoms with Gasteiger partial charge in [-0.05, 0) is 57.1 Å². The van der Waals surface area contributed by atoms with Gasteiger partial charge in [-0.1, -0.05) is 17.7 Å². The van der Waals surface area contributed by atoms with Gasteiger partial charge in [-0.15, -0.1) is 0 Å². The molecule has 1 aliphatic carbocycles. The Morgan fingerprint density at radius 2 is 1.89 bits per heavy atom. The number of aryl methyl sites for hydroxylation is 3. The highest BCUT2D eigenvalue weighted by molar-refractivity contribution is 5.97. The lowest BCUT2D eigenvalue weighted by atomic mass is 9.99. The number of benzene rings is 1. The minimum atomic E-state index is 0.0514. The Kier molecular flexibility index (Phi) is 4.25. The van der Waals surface area contributed by atoms with Crippen LogP contribution in [0.1, 0.15) is 46.3 Å². The summed E-state index contributed by atoms with van der Waals surface area (Å²) < 4.78 is 0. The first kappa shape index (κ1) is 14.1. The first-order valence-electron chi connectivity index (χ1n) is 7.09. The molecular formula is C16H24N2O. The summed E-state index contributed by atoms with van der Waals surface area (Å²) in [5.41, 5.74) is 10.0. The van der Waals surface area contributed by atoms with Gasteiger partial charge >= 0.3 is 0 Å². The van der Waals surface area contributed by atoms with E-state index in [9.17, 15) is 4.79 Å². The molecule has 0 heterocycles. The summed E-state index contributed by atoms with van der Waals surface area (Å²) in [7, 11) is 0. The van der Waals surface area contributed by atoms with Crippen LogP contribution in [0, 0.1) is 26.7 Å². The average molecular weight is 260 g/mol. The van der Waals surface area contributed by atoms with Crippen LogP contribution >= 0.6 is 0 Å². The molecule has 1 aliphatic rings. The molecule has 1 aromatic carbocycles. The summed E-state index contributed by atoms with van der Waals surface area (Å²) >= 11 is 0. The van der Waals surface area contributed by atoms with Crippen LogP contribution < -0.4 is 11.1 Å². The fourth-order valence-electron chi connectivity index (χ4n) is 3.16. The zero-order chi connectivity index (χ0) is 14.0. The smallest absolute Gasteiger partial charge is 0.251 e. The van der Waals surface area contributed by atoms with Crippen molar-refractivity contribution in [1.29, 1.82) is 0 Å². The molecule has 2 unspecified atom stereocenters. The van der Waals surface area contributed by atoms with Crippen LogP contribution in [0.3, 0.4) is 0 Å². The summed E-state index contributed by atoms with van der Waals surface area (Å²) in [4.78, 5) is 12.3. The second-order valence-corrected chi connectivity index (χ2v) is 5.92. The van der Waals surface area contributed by atoms with Crippen molar-refractivity contribution in [3.63, 3.8) is 0 Å². The van der Waals surface area contributed by atoms with Crippen LogP contribution in [-0.2, 0) is 0 Å². The summed E-state index contributed by atoms with van der Waals surface area (Å²) in [6.45, 7) is 6.81. The first-order valence-corrected chi connectivity index (χ1v) is 7.09. The lowest BCUT2D eigenvalue weighted by Gasteiger charge is -2.14. The number of hydrogen-bond donors (Lipinski definition) is 2. The quantitative estimate of drug-likeness (QED) is 0.877. The Morgan fingerprint density at radius 3 is 2.42 bits per heavy atom. The summed E-state index contributed by atoms with van der Waals surface area (Å²) in [6, 6.07) is 4.45. The van der Waals surface area contributed by atoms with Crippen LogP contribution in [0.5, 0.6) is 0 Å². The number of nitrogens with one attached hydrogen (secondary N) is 1. The van der Waals surface area contributed by atoms with E-state index >= 15 is 0 Å². The molecule has 1 aromatic rings. The number of amides is 1. The second kappa shape index (κ2) is 5.74. The van der Waals surface area contributed by atoms with Crippen molar-refractivity contribution >= 4 is 5.91 Å². The largest absolute Gasteiger partial charge is 0.352 e. The SMILES string of the molecule is Cc1cc(C)c(C(=O)NCC2CCC(N)C2)c(C)c1. The minimum absolute atomic E-state index is 0.0514. The molecule has 0 spiro atoms. The summed E-state index contributed by atoms with van der Waals surface area (Å²) in [5, 5.41) is 3.07. The maximum atomic E-state index is 12.3. The van der Waals surface area contributed by atoms with Gasteiger partial charge in [0, 0.05) is 18.2 Å². The number of carbonyl (C=O) groups excluding carboxylic acids is 1. The van der Waals surface area contributed by atoms with Crippen LogP contribution in [0.15, 0.2) is 12.1 Å². The van der Waals surface area contributed by atoms with Gasteiger partial charge in [0.25, 0.3) is 5.91 Å². The van der Waals surface area contributed by atoms with E-state index in [0.29, 0.717) is 12.0 Å². The van der Waals surface area contributed by atoms with Crippen LogP contribution in [0.25, 0.3) is 0 Å². The molecule has 3 nitrogen and oxygen atoms in total. The zero-order valence-electron chi connectivity index (χ0n) is 12.1. The third-order valence-electron chi connectivity index (χ3n) is 4.04. The van der Waals surface area contributed by atoms with Crippen LogP contribution in [0.4, 0.5) is 0 Å². The molecule has 3 heteroatoms.